The van der Waals surface area contributed by atoms with Gasteiger partial charge in [0.2, 0.25) is 0 Å². The summed E-state index contributed by atoms with van der Waals surface area (Å²) in [5.74, 6) is 1.49. The molecular weight excluding hydrogens is 293 g/mol. The van der Waals surface area contributed by atoms with E-state index in [0.717, 1.165) is 35.6 Å². The van der Waals surface area contributed by atoms with Gasteiger partial charge in [0.05, 0.1) is 5.02 Å². The van der Waals surface area contributed by atoms with Crippen LogP contribution in [0.1, 0.15) is 25.1 Å². The highest BCUT2D eigenvalue weighted by atomic mass is 35.5. The molecule has 20 heavy (non-hydrogen) atoms. The van der Waals surface area contributed by atoms with Crippen molar-refractivity contribution in [2.24, 2.45) is 0 Å². The topological polar surface area (TPSA) is 37.8 Å². The molecule has 0 aliphatic carbocycles. The number of rotatable bonds is 4. The van der Waals surface area contributed by atoms with Crippen LogP contribution in [0, 0.1) is 6.92 Å². The Kier molecular flexibility index (Phi) is 4.84. The Morgan fingerprint density at radius 2 is 1.90 bits per heavy atom. The van der Waals surface area contributed by atoms with Crippen LogP contribution >= 0.6 is 23.2 Å². The number of aromatic nitrogens is 2. The van der Waals surface area contributed by atoms with E-state index in [4.69, 9.17) is 23.2 Å². The maximum atomic E-state index is 6.24. The third-order valence-corrected chi connectivity index (χ3v) is 3.65. The summed E-state index contributed by atoms with van der Waals surface area (Å²) in [5, 5.41) is 4.44. The van der Waals surface area contributed by atoms with Crippen LogP contribution in [0.3, 0.4) is 0 Å². The van der Waals surface area contributed by atoms with Crippen molar-refractivity contribution >= 4 is 29.0 Å². The Hall–Kier alpha value is -1.32. The smallest absolute Gasteiger partial charge is 0.163 e. The third-order valence-electron chi connectivity index (χ3n) is 3.10. The van der Waals surface area contributed by atoms with E-state index in [2.05, 4.69) is 22.2 Å². The molecule has 1 aromatic heterocycles. The van der Waals surface area contributed by atoms with Gasteiger partial charge in [0.25, 0.3) is 0 Å². The van der Waals surface area contributed by atoms with Gasteiger partial charge in [0, 0.05) is 28.4 Å². The molecule has 3 nitrogen and oxygen atoms in total. The van der Waals surface area contributed by atoms with Crippen molar-refractivity contribution in [3.63, 3.8) is 0 Å². The molecule has 0 unspecified atom stereocenters. The molecular formula is C15H17Cl2N3. The summed E-state index contributed by atoms with van der Waals surface area (Å²) in [4.78, 5) is 9.20. The molecule has 2 rings (SSSR count). The fraction of sp³-hybridized carbons (Fsp3) is 0.333. The summed E-state index contributed by atoms with van der Waals surface area (Å²) in [6, 6.07) is 5.36. The molecule has 2 aromatic rings. The molecule has 0 amide bonds. The summed E-state index contributed by atoms with van der Waals surface area (Å²) in [6.07, 6.45) is 0.852. The van der Waals surface area contributed by atoms with Crippen LogP contribution in [-0.2, 0) is 6.42 Å². The first-order valence-corrected chi connectivity index (χ1v) is 7.39. The second kappa shape index (κ2) is 6.42. The first-order chi connectivity index (χ1) is 9.56. The molecule has 1 heterocycles. The maximum absolute atomic E-state index is 6.24. The van der Waals surface area contributed by atoms with E-state index in [1.807, 2.05) is 19.9 Å². The van der Waals surface area contributed by atoms with Gasteiger partial charge in [0.1, 0.15) is 5.82 Å². The highest BCUT2D eigenvalue weighted by molar-refractivity contribution is 6.36. The van der Waals surface area contributed by atoms with E-state index < -0.39 is 0 Å². The fourth-order valence-corrected chi connectivity index (χ4v) is 2.53. The van der Waals surface area contributed by atoms with Crippen LogP contribution in [0.2, 0.25) is 10.0 Å². The summed E-state index contributed by atoms with van der Waals surface area (Å²) < 4.78 is 0. The lowest BCUT2D eigenvalue weighted by Crippen LogP contribution is -2.07. The summed E-state index contributed by atoms with van der Waals surface area (Å²) in [5.41, 5.74) is 2.91. The lowest BCUT2D eigenvalue weighted by Gasteiger charge is -2.13. The number of anilines is 1. The van der Waals surface area contributed by atoms with E-state index >= 15 is 0 Å². The highest BCUT2D eigenvalue weighted by Crippen LogP contribution is 2.30. The van der Waals surface area contributed by atoms with Gasteiger partial charge < -0.3 is 5.32 Å². The molecule has 1 aromatic carbocycles. The van der Waals surface area contributed by atoms with Crippen molar-refractivity contribution < 1.29 is 0 Å². The molecule has 0 aliphatic heterocycles. The second-order valence-corrected chi connectivity index (χ2v) is 5.32. The minimum atomic E-state index is 0.561. The molecule has 0 bridgehead atoms. The van der Waals surface area contributed by atoms with Gasteiger partial charge in [-0.3, -0.25) is 0 Å². The molecule has 0 atom stereocenters. The second-order valence-electron chi connectivity index (χ2n) is 4.48. The quantitative estimate of drug-likeness (QED) is 0.885. The molecule has 1 N–H and O–H groups in total. The number of benzene rings is 1. The van der Waals surface area contributed by atoms with Crippen LogP contribution in [0.4, 0.5) is 5.82 Å². The largest absolute Gasteiger partial charge is 0.370 e. The van der Waals surface area contributed by atoms with Crippen LogP contribution < -0.4 is 5.32 Å². The predicted octanol–water partition coefficient (Wildman–Crippen LogP) is 4.75. The number of aryl methyl sites for hydroxylation is 1. The first-order valence-electron chi connectivity index (χ1n) is 6.63. The van der Waals surface area contributed by atoms with Crippen molar-refractivity contribution in [2.45, 2.75) is 27.2 Å². The van der Waals surface area contributed by atoms with Gasteiger partial charge in [-0.15, -0.1) is 0 Å². The van der Waals surface area contributed by atoms with Crippen molar-refractivity contribution in [2.75, 3.05) is 11.9 Å². The third kappa shape index (κ3) is 3.05. The monoisotopic (exact) mass is 309 g/mol. The number of nitrogens with one attached hydrogen (secondary N) is 1. The van der Waals surface area contributed by atoms with Gasteiger partial charge in [-0.25, -0.2) is 9.97 Å². The molecule has 0 aliphatic rings. The Morgan fingerprint density at radius 1 is 1.15 bits per heavy atom. The molecule has 0 radical (unpaired) electrons. The predicted molar refractivity (Wildman–Crippen MR) is 85.8 cm³/mol. The van der Waals surface area contributed by atoms with E-state index in [1.54, 1.807) is 12.1 Å². The van der Waals surface area contributed by atoms with Crippen LogP contribution in [0.5, 0.6) is 0 Å². The zero-order valence-corrected chi connectivity index (χ0v) is 13.3. The Morgan fingerprint density at radius 3 is 2.50 bits per heavy atom. The number of halogens is 2. The van der Waals surface area contributed by atoms with Gasteiger partial charge in [-0.1, -0.05) is 30.1 Å². The lowest BCUT2D eigenvalue weighted by molar-refractivity contribution is 0.970. The highest BCUT2D eigenvalue weighted by Gasteiger charge is 2.13. The van der Waals surface area contributed by atoms with Crippen LogP contribution in [0.15, 0.2) is 18.2 Å². The van der Waals surface area contributed by atoms with Gasteiger partial charge >= 0.3 is 0 Å². The van der Waals surface area contributed by atoms with Crippen molar-refractivity contribution in [1.82, 2.24) is 9.97 Å². The minimum Gasteiger partial charge on any atom is -0.370 e. The SMILES string of the molecule is CCNc1nc(-c2ccc(Cl)cc2Cl)nc(CC)c1C. The average Bonchev–Trinajstić information content (AvgIpc) is 2.41. The number of hydrogen-bond acceptors (Lipinski definition) is 3. The number of nitrogens with zero attached hydrogens (tertiary/aromatic N) is 2. The Balaban J connectivity index is 2.58. The van der Waals surface area contributed by atoms with E-state index in [0.29, 0.717) is 15.9 Å². The van der Waals surface area contributed by atoms with Gasteiger partial charge in [-0.2, -0.15) is 0 Å². The standard InChI is InChI=1S/C15H17Cl2N3/c1-4-13-9(3)14(18-5-2)20-15(19-13)11-7-6-10(16)8-12(11)17/h6-8H,4-5H2,1-3H3,(H,18,19,20). The molecule has 106 valence electrons. The zero-order valence-electron chi connectivity index (χ0n) is 11.8. The maximum Gasteiger partial charge on any atom is 0.163 e. The van der Waals surface area contributed by atoms with Crippen LogP contribution in [0.25, 0.3) is 11.4 Å². The van der Waals surface area contributed by atoms with Crippen LogP contribution in [-0.4, -0.2) is 16.5 Å². The normalized spacial score (nSPS) is 10.7. The van der Waals surface area contributed by atoms with Crippen molar-refractivity contribution in [3.05, 3.63) is 39.5 Å². The molecule has 0 spiro atoms. The average molecular weight is 310 g/mol. The fourth-order valence-electron chi connectivity index (χ4n) is 2.04. The minimum absolute atomic E-state index is 0.561. The van der Waals surface area contributed by atoms with E-state index in [9.17, 15) is 0 Å². The lowest BCUT2D eigenvalue weighted by atomic mass is 10.1. The molecule has 0 fully saturated rings. The summed E-state index contributed by atoms with van der Waals surface area (Å²) in [6.45, 7) is 6.97. The summed E-state index contributed by atoms with van der Waals surface area (Å²) in [7, 11) is 0. The van der Waals surface area contributed by atoms with E-state index in [-0.39, 0.29) is 0 Å². The molecule has 0 saturated carbocycles. The van der Waals surface area contributed by atoms with Gasteiger partial charge in [-0.05, 0) is 38.5 Å². The summed E-state index contributed by atoms with van der Waals surface area (Å²) >= 11 is 12.2. The van der Waals surface area contributed by atoms with Crippen molar-refractivity contribution in [3.8, 4) is 11.4 Å². The first kappa shape index (κ1) is 15.1. The molecule has 5 heteroatoms. The van der Waals surface area contributed by atoms with Crippen molar-refractivity contribution in [1.29, 1.82) is 0 Å². The Bertz CT molecular complexity index is 627. The Labute approximate surface area is 129 Å². The van der Waals surface area contributed by atoms with E-state index in [1.165, 1.54) is 0 Å². The number of hydrogen-bond donors (Lipinski definition) is 1. The molecule has 0 saturated heterocycles. The zero-order chi connectivity index (χ0) is 14.7. The van der Waals surface area contributed by atoms with Gasteiger partial charge in [0.15, 0.2) is 5.82 Å².